The third-order valence-corrected chi connectivity index (χ3v) is 4.94. The Morgan fingerprint density at radius 3 is 1.21 bits per heavy atom. The number of alkyl carbamates (subject to hydrolysis) is 2. The molecular weight excluding hydrogens is 636 g/mol. The van der Waals surface area contributed by atoms with Gasteiger partial charge in [-0.25, -0.2) is 27.2 Å². The summed E-state index contributed by atoms with van der Waals surface area (Å²) in [5.41, 5.74) is -0.179. The Hall–Kier alpha value is -3.36. The number of benzene rings is 1. The van der Waals surface area contributed by atoms with Crippen LogP contribution in [0, 0.1) is 0 Å². The molecular formula is C20H16F16N2O4. The van der Waals surface area contributed by atoms with Gasteiger partial charge in [-0.15, -0.1) is 0 Å². The molecule has 0 spiro atoms. The van der Waals surface area contributed by atoms with E-state index in [2.05, 4.69) is 9.47 Å². The van der Waals surface area contributed by atoms with Gasteiger partial charge in [-0.1, -0.05) is 18.2 Å². The highest BCUT2D eigenvalue weighted by atomic mass is 19.4. The highest BCUT2D eigenvalue weighted by Crippen LogP contribution is 2.49. The molecule has 0 heterocycles. The normalized spacial score (nSPS) is 13.8. The van der Waals surface area contributed by atoms with Gasteiger partial charge in [-0.2, -0.15) is 52.7 Å². The van der Waals surface area contributed by atoms with Gasteiger partial charge in [-0.05, 0) is 17.2 Å². The number of amides is 2. The second-order valence-corrected chi connectivity index (χ2v) is 8.08. The van der Waals surface area contributed by atoms with Gasteiger partial charge in [0.25, 0.3) is 0 Å². The molecule has 1 aromatic rings. The van der Waals surface area contributed by atoms with Crippen molar-refractivity contribution in [3.63, 3.8) is 0 Å². The molecule has 0 bridgehead atoms. The molecule has 242 valence electrons. The van der Waals surface area contributed by atoms with Crippen LogP contribution in [0.3, 0.4) is 0 Å². The first kappa shape index (κ1) is 36.7. The summed E-state index contributed by atoms with van der Waals surface area (Å²) in [6.45, 7) is -6.87. The summed E-state index contributed by atoms with van der Waals surface area (Å²) in [5.74, 6) is -37.8. The number of carbonyl (C=O) groups is 2. The van der Waals surface area contributed by atoms with Crippen LogP contribution < -0.4 is 10.6 Å². The molecule has 0 unspecified atom stereocenters. The van der Waals surface area contributed by atoms with Gasteiger partial charge in [0.1, 0.15) is 13.2 Å². The lowest BCUT2D eigenvalue weighted by Crippen LogP contribution is -2.61. The Kier molecular flexibility index (Phi) is 11.2. The van der Waals surface area contributed by atoms with Gasteiger partial charge in [0.2, 0.25) is 0 Å². The summed E-state index contributed by atoms with van der Waals surface area (Å²) in [6, 6.07) is 4.40. The summed E-state index contributed by atoms with van der Waals surface area (Å²) in [7, 11) is 0. The van der Waals surface area contributed by atoms with Crippen molar-refractivity contribution in [1.82, 2.24) is 10.6 Å². The zero-order valence-corrected chi connectivity index (χ0v) is 20.0. The highest BCUT2D eigenvalue weighted by Gasteiger charge is 2.76. The van der Waals surface area contributed by atoms with E-state index in [-0.39, 0.29) is 11.1 Å². The smallest absolute Gasteiger partial charge is 0.407 e. The van der Waals surface area contributed by atoms with Gasteiger partial charge in [-0.3, -0.25) is 0 Å². The fraction of sp³-hybridized carbons (Fsp3) is 0.600. The number of nitrogens with one attached hydrogen (secondary N) is 2. The molecule has 22 heteroatoms. The van der Waals surface area contributed by atoms with E-state index >= 15 is 0 Å². The fourth-order valence-corrected chi connectivity index (χ4v) is 2.56. The van der Waals surface area contributed by atoms with Crippen molar-refractivity contribution in [3.05, 3.63) is 35.4 Å². The molecule has 1 aromatic carbocycles. The Labute approximate surface area is 223 Å². The lowest BCUT2D eigenvalue weighted by Gasteiger charge is -2.32. The van der Waals surface area contributed by atoms with Crippen LogP contribution in [0.1, 0.15) is 11.1 Å². The van der Waals surface area contributed by atoms with Gasteiger partial charge in [0.15, 0.2) is 0 Å². The molecule has 6 nitrogen and oxygen atoms in total. The van der Waals surface area contributed by atoms with E-state index < -0.39 is 86.9 Å². The van der Waals surface area contributed by atoms with Crippen molar-refractivity contribution in [3.8, 4) is 0 Å². The monoisotopic (exact) mass is 652 g/mol. The topological polar surface area (TPSA) is 76.7 Å². The summed E-state index contributed by atoms with van der Waals surface area (Å²) < 4.78 is 215. The van der Waals surface area contributed by atoms with Gasteiger partial charge in [0.05, 0.1) is 13.1 Å². The van der Waals surface area contributed by atoms with E-state index in [1.165, 1.54) is 0 Å². The molecule has 0 saturated heterocycles. The number of ether oxygens (including phenoxy) is 2. The third-order valence-electron chi connectivity index (χ3n) is 4.94. The lowest BCUT2D eigenvalue weighted by molar-refractivity contribution is -0.336. The van der Waals surface area contributed by atoms with E-state index in [1.807, 2.05) is 0 Å². The van der Waals surface area contributed by atoms with E-state index in [0.717, 1.165) is 34.9 Å². The molecule has 0 aliphatic carbocycles. The quantitative estimate of drug-likeness (QED) is 0.226. The number of halogens is 16. The zero-order chi connectivity index (χ0) is 32.9. The largest absolute Gasteiger partial charge is 0.445 e. The number of hydrogen-bond acceptors (Lipinski definition) is 4. The molecule has 1 rings (SSSR count). The van der Waals surface area contributed by atoms with Crippen molar-refractivity contribution in [2.45, 2.75) is 61.6 Å². The Morgan fingerprint density at radius 1 is 0.619 bits per heavy atom. The number of carbonyl (C=O) groups excluding carboxylic acids is 2. The molecule has 0 radical (unpaired) electrons. The van der Waals surface area contributed by atoms with Crippen LogP contribution in [0.4, 0.5) is 79.8 Å². The van der Waals surface area contributed by atoms with Crippen LogP contribution in [0.25, 0.3) is 0 Å². The van der Waals surface area contributed by atoms with Crippen LogP contribution in [0.2, 0.25) is 0 Å². The van der Waals surface area contributed by atoms with Crippen molar-refractivity contribution < 1.29 is 89.3 Å². The van der Waals surface area contributed by atoms with E-state index in [4.69, 9.17) is 0 Å². The lowest BCUT2D eigenvalue weighted by atomic mass is 10.1. The van der Waals surface area contributed by atoms with Crippen LogP contribution in [0.15, 0.2) is 24.3 Å². The van der Waals surface area contributed by atoms with Crippen molar-refractivity contribution >= 4 is 12.2 Å². The van der Waals surface area contributed by atoms with Crippen molar-refractivity contribution in [2.24, 2.45) is 0 Å². The van der Waals surface area contributed by atoms with Crippen LogP contribution >= 0.6 is 0 Å². The SMILES string of the molecule is O=C(NCC(F)(F)C(F)(F)C(F)(F)C(F)F)OCc1cccc(COC(=O)NCC(F)(F)C(F)(F)C(F)(F)C(F)F)c1. The second-order valence-electron chi connectivity index (χ2n) is 8.08. The van der Waals surface area contributed by atoms with Crippen LogP contribution in [-0.4, -0.2) is 73.7 Å². The molecule has 0 fully saturated rings. The molecule has 2 N–H and O–H groups in total. The maximum absolute atomic E-state index is 13.4. The maximum Gasteiger partial charge on any atom is 0.407 e. The minimum Gasteiger partial charge on any atom is -0.445 e. The van der Waals surface area contributed by atoms with Gasteiger partial charge in [0, 0.05) is 0 Å². The summed E-state index contributed by atoms with van der Waals surface area (Å²) in [5, 5.41) is 1.93. The molecule has 0 atom stereocenters. The molecule has 0 aliphatic heterocycles. The van der Waals surface area contributed by atoms with E-state index in [1.54, 1.807) is 0 Å². The van der Waals surface area contributed by atoms with Crippen LogP contribution in [-0.2, 0) is 22.7 Å². The van der Waals surface area contributed by atoms with Crippen LogP contribution in [0.5, 0.6) is 0 Å². The number of alkyl halides is 16. The standard InChI is InChI=1S/C20H16F16N2O4/c21-11(22)17(29,30)19(33,34)15(25,26)7-37-13(39)41-5-9-2-1-3-10(4-9)6-42-14(40)38-8-16(27,28)20(35,36)18(31,32)12(23)24/h1-4,11-12H,5-8H2,(H,37,39)(H,38,40). The molecule has 0 aliphatic rings. The number of hydrogen-bond donors (Lipinski definition) is 2. The average molecular weight is 652 g/mol. The zero-order valence-electron chi connectivity index (χ0n) is 20.0. The van der Waals surface area contributed by atoms with Gasteiger partial charge >= 0.3 is 60.6 Å². The Bertz CT molecular complexity index is 1000. The molecule has 0 aromatic heterocycles. The number of rotatable bonds is 14. The Balaban J connectivity index is 2.66. The maximum atomic E-state index is 13.4. The first-order valence-electron chi connectivity index (χ1n) is 10.6. The summed E-state index contributed by atoms with van der Waals surface area (Å²) in [6.07, 6.45) is -14.2. The minimum atomic E-state index is -6.59. The second kappa shape index (κ2) is 12.9. The fourth-order valence-electron chi connectivity index (χ4n) is 2.56. The third kappa shape index (κ3) is 7.92. The summed E-state index contributed by atoms with van der Waals surface area (Å²) >= 11 is 0. The van der Waals surface area contributed by atoms with Crippen molar-refractivity contribution in [1.29, 1.82) is 0 Å². The van der Waals surface area contributed by atoms with E-state index in [9.17, 15) is 79.8 Å². The molecule has 0 saturated carbocycles. The molecule has 2 amide bonds. The highest BCUT2D eigenvalue weighted by molar-refractivity contribution is 5.67. The van der Waals surface area contributed by atoms with Gasteiger partial charge < -0.3 is 20.1 Å². The predicted molar refractivity (Wildman–Crippen MR) is 105 cm³/mol. The minimum absolute atomic E-state index is 0.0895. The summed E-state index contributed by atoms with van der Waals surface area (Å²) in [4.78, 5) is 22.9. The first-order chi connectivity index (χ1) is 18.8. The average Bonchev–Trinajstić information content (AvgIpc) is 2.88. The Morgan fingerprint density at radius 2 is 0.929 bits per heavy atom. The van der Waals surface area contributed by atoms with Crippen molar-refractivity contribution in [2.75, 3.05) is 13.1 Å². The van der Waals surface area contributed by atoms with E-state index in [0.29, 0.717) is 0 Å². The first-order valence-corrected chi connectivity index (χ1v) is 10.6. The predicted octanol–water partition coefficient (Wildman–Crippen LogP) is 6.48. The molecule has 42 heavy (non-hydrogen) atoms.